The van der Waals surface area contributed by atoms with Crippen molar-refractivity contribution in [2.45, 2.75) is 5.92 Å². The minimum atomic E-state index is -0.776. The van der Waals surface area contributed by atoms with Gasteiger partial charge < -0.3 is 10.0 Å². The maximum Gasteiger partial charge on any atom is 0.312 e. The molecule has 2 heterocycles. The summed E-state index contributed by atoms with van der Waals surface area (Å²) in [6.45, 7) is 4.43. The van der Waals surface area contributed by atoms with Gasteiger partial charge in [0.2, 0.25) is 0 Å². The van der Waals surface area contributed by atoms with Crippen LogP contribution >= 0.6 is 0 Å². The van der Waals surface area contributed by atoms with Gasteiger partial charge in [-0.2, -0.15) is 0 Å². The van der Waals surface area contributed by atoms with E-state index in [0.717, 1.165) is 31.7 Å². The second-order valence-corrected chi connectivity index (χ2v) is 4.78. The summed E-state index contributed by atoms with van der Waals surface area (Å²) in [4.78, 5) is 19.9. The molecule has 5 nitrogen and oxygen atoms in total. The van der Waals surface area contributed by atoms with E-state index in [1.807, 2.05) is 6.07 Å². The third-order valence-electron chi connectivity index (χ3n) is 3.42. The predicted molar refractivity (Wildman–Crippen MR) is 68.6 cm³/mol. The van der Waals surface area contributed by atoms with Crippen molar-refractivity contribution in [3.63, 3.8) is 0 Å². The Morgan fingerprint density at radius 1 is 1.44 bits per heavy atom. The zero-order valence-corrected chi connectivity index (χ0v) is 10.6. The summed E-state index contributed by atoms with van der Waals surface area (Å²) >= 11 is 0. The molecule has 0 amide bonds. The lowest BCUT2D eigenvalue weighted by Gasteiger charge is -2.33. The van der Waals surface area contributed by atoms with Gasteiger partial charge in [0.05, 0.1) is 5.92 Å². The Hall–Kier alpha value is -1.46. The van der Waals surface area contributed by atoms with Crippen LogP contribution in [-0.4, -0.2) is 65.6 Å². The molecular formula is C13H19N3O2. The molecular weight excluding hydrogens is 230 g/mol. The Morgan fingerprint density at radius 2 is 2.17 bits per heavy atom. The number of pyridine rings is 1. The molecule has 0 radical (unpaired) electrons. The van der Waals surface area contributed by atoms with Gasteiger partial charge in [-0.25, -0.2) is 0 Å². The Kier molecular flexibility index (Phi) is 4.28. The minimum Gasteiger partial charge on any atom is -0.481 e. The number of likely N-dealkylation sites (N-methyl/N-ethyl adjacent to an activating group) is 1. The number of rotatable bonds is 4. The quantitative estimate of drug-likeness (QED) is 0.842. The number of hydrogen-bond acceptors (Lipinski definition) is 4. The zero-order chi connectivity index (χ0) is 13.0. The highest BCUT2D eigenvalue weighted by molar-refractivity contribution is 5.76. The van der Waals surface area contributed by atoms with Crippen LogP contribution in [0.3, 0.4) is 0 Å². The molecule has 0 aromatic carbocycles. The van der Waals surface area contributed by atoms with E-state index in [9.17, 15) is 9.90 Å². The molecule has 1 saturated heterocycles. The fourth-order valence-electron chi connectivity index (χ4n) is 2.20. The molecule has 1 N–H and O–H groups in total. The molecule has 98 valence electrons. The fraction of sp³-hybridized carbons (Fsp3) is 0.538. The molecule has 0 saturated carbocycles. The maximum atomic E-state index is 11.4. The summed E-state index contributed by atoms with van der Waals surface area (Å²) in [5.41, 5.74) is 0.781. The largest absolute Gasteiger partial charge is 0.481 e. The maximum absolute atomic E-state index is 11.4. The molecule has 1 aliphatic rings. The Bertz CT molecular complexity index is 388. The highest BCUT2D eigenvalue weighted by Crippen LogP contribution is 2.17. The third-order valence-corrected chi connectivity index (χ3v) is 3.42. The summed E-state index contributed by atoms with van der Waals surface area (Å²) in [5.74, 6) is -1.26. The molecule has 1 aromatic heterocycles. The van der Waals surface area contributed by atoms with Crippen molar-refractivity contribution in [1.29, 1.82) is 0 Å². The highest BCUT2D eigenvalue weighted by atomic mass is 16.4. The predicted octanol–water partition coefficient (Wildman–Crippen LogP) is 0.497. The van der Waals surface area contributed by atoms with Gasteiger partial charge in [-0.1, -0.05) is 6.07 Å². The normalized spacial score (nSPS) is 19.6. The van der Waals surface area contributed by atoms with Crippen LogP contribution in [0.2, 0.25) is 0 Å². The summed E-state index contributed by atoms with van der Waals surface area (Å²) in [7, 11) is 2.09. The Balaban J connectivity index is 2.01. The van der Waals surface area contributed by atoms with Gasteiger partial charge in [0.25, 0.3) is 0 Å². The van der Waals surface area contributed by atoms with E-state index in [1.165, 1.54) is 0 Å². The fourth-order valence-corrected chi connectivity index (χ4v) is 2.20. The average molecular weight is 249 g/mol. The van der Waals surface area contributed by atoms with Gasteiger partial charge in [-0.15, -0.1) is 0 Å². The molecule has 0 bridgehead atoms. The number of aromatic nitrogens is 1. The van der Waals surface area contributed by atoms with Gasteiger partial charge in [-0.3, -0.25) is 14.7 Å². The summed E-state index contributed by atoms with van der Waals surface area (Å²) < 4.78 is 0. The van der Waals surface area contributed by atoms with Crippen LogP contribution in [-0.2, 0) is 4.79 Å². The molecule has 1 aromatic rings. The van der Waals surface area contributed by atoms with Crippen LogP contribution in [0.5, 0.6) is 0 Å². The van der Waals surface area contributed by atoms with Crippen LogP contribution in [0, 0.1) is 0 Å². The highest BCUT2D eigenvalue weighted by Gasteiger charge is 2.24. The van der Waals surface area contributed by atoms with E-state index in [-0.39, 0.29) is 0 Å². The standard InChI is InChI=1S/C13H19N3O2/c1-15-5-7-16(8-6-15)10-12(13(17)18)11-3-2-4-14-9-11/h2-4,9,12H,5-8,10H2,1H3,(H,17,18). The van der Waals surface area contributed by atoms with Crippen molar-refractivity contribution < 1.29 is 9.90 Å². The van der Waals surface area contributed by atoms with Gasteiger partial charge in [-0.05, 0) is 18.7 Å². The van der Waals surface area contributed by atoms with Crippen LogP contribution in [0.25, 0.3) is 0 Å². The van der Waals surface area contributed by atoms with E-state index in [2.05, 4.69) is 21.8 Å². The van der Waals surface area contributed by atoms with Crippen molar-refractivity contribution in [2.24, 2.45) is 0 Å². The number of hydrogen-bond donors (Lipinski definition) is 1. The van der Waals surface area contributed by atoms with Crippen LogP contribution < -0.4 is 0 Å². The lowest BCUT2D eigenvalue weighted by atomic mass is 10.0. The van der Waals surface area contributed by atoms with Crippen molar-refractivity contribution in [2.75, 3.05) is 39.8 Å². The molecule has 0 spiro atoms. The number of carboxylic acid groups (broad SMARTS) is 1. The number of aliphatic carboxylic acids is 1. The zero-order valence-electron chi connectivity index (χ0n) is 10.6. The number of nitrogens with zero attached hydrogens (tertiary/aromatic N) is 3. The molecule has 1 fully saturated rings. The smallest absolute Gasteiger partial charge is 0.312 e. The Morgan fingerprint density at radius 3 is 2.72 bits per heavy atom. The number of piperazine rings is 1. The lowest BCUT2D eigenvalue weighted by Crippen LogP contribution is -2.46. The monoisotopic (exact) mass is 249 g/mol. The van der Waals surface area contributed by atoms with E-state index >= 15 is 0 Å². The topological polar surface area (TPSA) is 56.7 Å². The van der Waals surface area contributed by atoms with E-state index < -0.39 is 11.9 Å². The van der Waals surface area contributed by atoms with Crippen LogP contribution in [0.4, 0.5) is 0 Å². The average Bonchev–Trinajstić information content (AvgIpc) is 2.38. The van der Waals surface area contributed by atoms with E-state index in [0.29, 0.717) is 6.54 Å². The van der Waals surface area contributed by atoms with Crippen molar-refractivity contribution in [3.05, 3.63) is 30.1 Å². The second-order valence-electron chi connectivity index (χ2n) is 4.78. The summed E-state index contributed by atoms with van der Waals surface area (Å²) in [5, 5.41) is 9.34. The van der Waals surface area contributed by atoms with Gasteiger partial charge in [0, 0.05) is 45.1 Å². The summed E-state index contributed by atoms with van der Waals surface area (Å²) in [6, 6.07) is 3.62. The minimum absolute atomic E-state index is 0.484. The lowest BCUT2D eigenvalue weighted by molar-refractivity contribution is -0.139. The van der Waals surface area contributed by atoms with Gasteiger partial charge in [0.1, 0.15) is 0 Å². The first-order valence-corrected chi connectivity index (χ1v) is 6.20. The molecule has 2 rings (SSSR count). The molecule has 1 unspecified atom stereocenters. The van der Waals surface area contributed by atoms with Crippen LogP contribution in [0.1, 0.15) is 11.5 Å². The summed E-state index contributed by atoms with van der Waals surface area (Å²) in [6.07, 6.45) is 3.31. The van der Waals surface area contributed by atoms with E-state index in [4.69, 9.17) is 0 Å². The van der Waals surface area contributed by atoms with Crippen molar-refractivity contribution in [3.8, 4) is 0 Å². The first-order chi connectivity index (χ1) is 8.66. The second kappa shape index (κ2) is 5.93. The van der Waals surface area contributed by atoms with E-state index in [1.54, 1.807) is 18.5 Å². The molecule has 1 atom stereocenters. The number of carbonyl (C=O) groups is 1. The van der Waals surface area contributed by atoms with Gasteiger partial charge in [0.15, 0.2) is 0 Å². The molecule has 5 heteroatoms. The number of carboxylic acids is 1. The van der Waals surface area contributed by atoms with Crippen molar-refractivity contribution >= 4 is 5.97 Å². The molecule has 1 aliphatic heterocycles. The Labute approximate surface area is 107 Å². The first kappa shape index (κ1) is 13.0. The SMILES string of the molecule is CN1CCN(CC(C(=O)O)c2cccnc2)CC1. The third kappa shape index (κ3) is 3.27. The molecule has 18 heavy (non-hydrogen) atoms. The van der Waals surface area contributed by atoms with Gasteiger partial charge >= 0.3 is 5.97 Å². The molecule has 0 aliphatic carbocycles. The van der Waals surface area contributed by atoms with Crippen LogP contribution in [0.15, 0.2) is 24.5 Å². The first-order valence-electron chi connectivity index (χ1n) is 6.20. The van der Waals surface area contributed by atoms with Crippen molar-refractivity contribution in [1.82, 2.24) is 14.8 Å².